The zero-order chi connectivity index (χ0) is 21.4. The molecule has 158 valence electrons. The summed E-state index contributed by atoms with van der Waals surface area (Å²) < 4.78 is 13.2. The Hall–Kier alpha value is -3.16. The van der Waals surface area contributed by atoms with Crippen molar-refractivity contribution in [2.75, 3.05) is 18.9 Å². The molecule has 1 aliphatic heterocycles. The van der Waals surface area contributed by atoms with Crippen LogP contribution in [0.25, 0.3) is 16.0 Å². The van der Waals surface area contributed by atoms with E-state index in [4.69, 9.17) is 15.2 Å². The number of ether oxygens (including phenoxy) is 2. The highest BCUT2D eigenvalue weighted by Crippen LogP contribution is 2.36. The van der Waals surface area contributed by atoms with Gasteiger partial charge >= 0.3 is 0 Å². The van der Waals surface area contributed by atoms with Gasteiger partial charge in [0.1, 0.15) is 16.3 Å². The predicted molar refractivity (Wildman–Crippen MR) is 124 cm³/mol. The van der Waals surface area contributed by atoms with Gasteiger partial charge in [-0.15, -0.1) is 11.3 Å². The maximum absolute atomic E-state index is 13.0. The van der Waals surface area contributed by atoms with Crippen LogP contribution >= 0.6 is 11.3 Å². The number of fused-ring (bicyclic) bond motifs is 1. The number of para-hydroxylation sites is 1. The second-order valence-electron chi connectivity index (χ2n) is 7.73. The zero-order valence-corrected chi connectivity index (χ0v) is 18.0. The van der Waals surface area contributed by atoms with E-state index < -0.39 is 0 Å². The molecule has 0 radical (unpaired) electrons. The van der Waals surface area contributed by atoms with Gasteiger partial charge in [-0.3, -0.25) is 9.36 Å². The van der Waals surface area contributed by atoms with Crippen LogP contribution in [-0.4, -0.2) is 22.8 Å². The van der Waals surface area contributed by atoms with Gasteiger partial charge in [0.2, 0.25) is 0 Å². The van der Waals surface area contributed by atoms with Crippen molar-refractivity contribution in [1.29, 1.82) is 0 Å². The molecule has 2 aromatic carbocycles. The van der Waals surface area contributed by atoms with Crippen LogP contribution in [0, 0.1) is 6.92 Å². The Balaban J connectivity index is 1.62. The number of hydrogen-bond acceptors (Lipinski definition) is 6. The number of aryl methyl sites for hydroxylation is 1. The molecule has 1 aliphatic rings. The summed E-state index contributed by atoms with van der Waals surface area (Å²) in [6.07, 6.45) is 1.96. The summed E-state index contributed by atoms with van der Waals surface area (Å²) in [5.41, 5.74) is 8.16. The van der Waals surface area contributed by atoms with Crippen molar-refractivity contribution in [1.82, 2.24) is 9.55 Å². The van der Waals surface area contributed by atoms with Crippen molar-refractivity contribution in [3.8, 4) is 17.2 Å². The fourth-order valence-corrected chi connectivity index (χ4v) is 5.10. The number of rotatable bonds is 4. The van der Waals surface area contributed by atoms with Crippen LogP contribution in [0.2, 0.25) is 0 Å². The zero-order valence-electron chi connectivity index (χ0n) is 17.2. The molecule has 4 aromatic rings. The summed E-state index contributed by atoms with van der Waals surface area (Å²) >= 11 is 1.61. The lowest BCUT2D eigenvalue weighted by Crippen LogP contribution is -2.23. The van der Waals surface area contributed by atoms with Gasteiger partial charge in [0.05, 0.1) is 11.2 Å². The minimum Gasteiger partial charge on any atom is -0.457 e. The van der Waals surface area contributed by atoms with Crippen LogP contribution in [0.15, 0.2) is 59.4 Å². The van der Waals surface area contributed by atoms with Gasteiger partial charge in [0.15, 0.2) is 5.82 Å². The average Bonchev–Trinajstić information content (AvgIpc) is 3.21. The molecule has 1 saturated heterocycles. The van der Waals surface area contributed by atoms with Gasteiger partial charge in [0.25, 0.3) is 5.56 Å². The van der Waals surface area contributed by atoms with E-state index in [0.717, 1.165) is 47.7 Å². The fourth-order valence-electron chi connectivity index (χ4n) is 3.90. The monoisotopic (exact) mass is 433 g/mol. The van der Waals surface area contributed by atoms with Crippen molar-refractivity contribution in [2.45, 2.75) is 25.7 Å². The Labute approximate surface area is 183 Å². The van der Waals surface area contributed by atoms with E-state index in [0.29, 0.717) is 17.4 Å². The highest BCUT2D eigenvalue weighted by Gasteiger charge is 2.21. The molecule has 0 amide bonds. The van der Waals surface area contributed by atoms with E-state index >= 15 is 0 Å². The number of anilines is 1. The quantitative estimate of drug-likeness (QED) is 0.489. The van der Waals surface area contributed by atoms with Crippen LogP contribution in [-0.2, 0) is 4.74 Å². The molecular weight excluding hydrogens is 410 g/mol. The summed E-state index contributed by atoms with van der Waals surface area (Å²) in [6, 6.07) is 17.4. The molecule has 3 heterocycles. The Morgan fingerprint density at radius 1 is 1.13 bits per heavy atom. The topological polar surface area (TPSA) is 79.4 Å². The number of nitrogens with zero attached hydrogens (tertiary/aromatic N) is 2. The summed E-state index contributed by atoms with van der Waals surface area (Å²) in [6.45, 7) is 3.51. The van der Waals surface area contributed by atoms with Crippen molar-refractivity contribution in [3.63, 3.8) is 0 Å². The van der Waals surface area contributed by atoms with Gasteiger partial charge < -0.3 is 15.2 Å². The third kappa shape index (κ3) is 3.82. The van der Waals surface area contributed by atoms with Crippen molar-refractivity contribution >= 4 is 27.5 Å². The van der Waals surface area contributed by atoms with E-state index in [1.807, 2.05) is 55.5 Å². The molecule has 2 N–H and O–H groups in total. The summed E-state index contributed by atoms with van der Waals surface area (Å²) in [5, 5.41) is 0. The summed E-state index contributed by atoms with van der Waals surface area (Å²) in [7, 11) is 0. The fraction of sp³-hybridized carbons (Fsp3) is 0.250. The first-order valence-electron chi connectivity index (χ1n) is 10.3. The molecule has 1 fully saturated rings. The van der Waals surface area contributed by atoms with Gasteiger partial charge in [-0.2, -0.15) is 0 Å². The molecule has 31 heavy (non-hydrogen) atoms. The van der Waals surface area contributed by atoms with Crippen LogP contribution in [0.4, 0.5) is 5.82 Å². The Kier molecular flexibility index (Phi) is 5.21. The first-order chi connectivity index (χ1) is 15.1. The number of hydrogen-bond donors (Lipinski definition) is 1. The van der Waals surface area contributed by atoms with Crippen molar-refractivity contribution < 1.29 is 9.47 Å². The van der Waals surface area contributed by atoms with Crippen molar-refractivity contribution in [2.24, 2.45) is 0 Å². The number of nitrogen functional groups attached to an aromatic ring is 1. The molecule has 0 aliphatic carbocycles. The lowest BCUT2D eigenvalue weighted by atomic mass is 9.99. The highest BCUT2D eigenvalue weighted by atomic mass is 32.1. The smallest absolute Gasteiger partial charge is 0.298 e. The standard InChI is InChI=1S/C24H23N3O3S/c1-15-7-8-17(13-20(15)30-18-5-3-2-4-6-18)27-19-14-21(16-9-11-29-12-10-16)31-23(19)26-22(25)24(27)28/h2-8,13-14,16H,9-12H2,1H3,(H2,25,26). The molecule has 7 heteroatoms. The van der Waals surface area contributed by atoms with Gasteiger partial charge in [0, 0.05) is 24.2 Å². The average molecular weight is 434 g/mol. The SMILES string of the molecule is Cc1ccc(-n2c(=O)c(N)nc3sc(C4CCOCC4)cc32)cc1Oc1ccccc1. The molecule has 0 spiro atoms. The first-order valence-corrected chi connectivity index (χ1v) is 11.2. The first kappa shape index (κ1) is 19.8. The summed E-state index contributed by atoms with van der Waals surface area (Å²) in [4.78, 5) is 19.4. The molecule has 2 aromatic heterocycles. The van der Waals surface area contributed by atoms with Crippen LogP contribution < -0.4 is 16.0 Å². The van der Waals surface area contributed by atoms with E-state index in [2.05, 4.69) is 11.1 Å². The number of aromatic nitrogens is 2. The van der Waals surface area contributed by atoms with Gasteiger partial charge in [-0.05, 0) is 55.5 Å². The minimum atomic E-state index is -0.321. The predicted octanol–water partition coefficient (Wildman–Crippen LogP) is 5.02. The molecule has 0 saturated carbocycles. The van der Waals surface area contributed by atoms with E-state index in [1.165, 1.54) is 4.88 Å². The maximum atomic E-state index is 13.0. The molecule has 0 unspecified atom stereocenters. The van der Waals surface area contributed by atoms with Crippen LogP contribution in [0.3, 0.4) is 0 Å². The number of benzene rings is 2. The van der Waals surface area contributed by atoms with Crippen molar-refractivity contribution in [3.05, 3.63) is 75.4 Å². The molecule has 6 nitrogen and oxygen atoms in total. The third-order valence-electron chi connectivity index (χ3n) is 5.62. The third-order valence-corrected chi connectivity index (χ3v) is 6.80. The highest BCUT2D eigenvalue weighted by molar-refractivity contribution is 7.18. The second kappa shape index (κ2) is 8.17. The Morgan fingerprint density at radius 3 is 2.68 bits per heavy atom. The van der Waals surface area contributed by atoms with E-state index in [9.17, 15) is 4.79 Å². The second-order valence-corrected chi connectivity index (χ2v) is 8.79. The molecular formula is C24H23N3O3S. The van der Waals surface area contributed by atoms with Crippen LogP contribution in [0.1, 0.15) is 29.2 Å². The number of nitrogens with two attached hydrogens (primary N) is 1. The van der Waals surface area contributed by atoms with Crippen LogP contribution in [0.5, 0.6) is 11.5 Å². The van der Waals surface area contributed by atoms with E-state index in [-0.39, 0.29) is 11.4 Å². The molecule has 0 atom stereocenters. The maximum Gasteiger partial charge on any atom is 0.298 e. The number of thiophene rings is 1. The summed E-state index contributed by atoms with van der Waals surface area (Å²) in [5.74, 6) is 1.86. The lowest BCUT2D eigenvalue weighted by molar-refractivity contribution is 0.0860. The Bertz CT molecular complexity index is 1290. The van der Waals surface area contributed by atoms with Gasteiger partial charge in [-0.1, -0.05) is 24.3 Å². The Morgan fingerprint density at radius 2 is 1.90 bits per heavy atom. The van der Waals surface area contributed by atoms with E-state index in [1.54, 1.807) is 15.9 Å². The normalized spacial score (nSPS) is 14.7. The lowest BCUT2D eigenvalue weighted by Gasteiger charge is -2.20. The molecule has 0 bridgehead atoms. The minimum absolute atomic E-state index is 0.000944. The largest absolute Gasteiger partial charge is 0.457 e. The van der Waals surface area contributed by atoms with Gasteiger partial charge in [-0.25, -0.2) is 4.98 Å². The molecule has 5 rings (SSSR count).